The molecule has 20 heavy (non-hydrogen) atoms. The first-order valence-electron chi connectivity index (χ1n) is 7.11. The smallest absolute Gasteiger partial charge is 0.0705 e. The van der Waals surface area contributed by atoms with Crippen molar-refractivity contribution < 1.29 is 0 Å². The van der Waals surface area contributed by atoms with E-state index in [9.17, 15) is 0 Å². The molecule has 3 rings (SSSR count). The molecule has 0 amide bonds. The van der Waals surface area contributed by atoms with Crippen LogP contribution in [0.15, 0.2) is 34.9 Å². The van der Waals surface area contributed by atoms with Crippen LogP contribution in [-0.4, -0.2) is 16.8 Å². The molecule has 4 heteroatoms. The molecule has 1 aromatic carbocycles. The molecule has 0 bridgehead atoms. The highest BCUT2D eigenvalue weighted by atomic mass is 79.9. The third-order valence-electron chi connectivity index (χ3n) is 4.18. The van der Waals surface area contributed by atoms with Gasteiger partial charge in [-0.05, 0) is 54.4 Å². The Morgan fingerprint density at radius 3 is 2.75 bits per heavy atom. The van der Waals surface area contributed by atoms with Gasteiger partial charge in [0.1, 0.15) is 0 Å². The van der Waals surface area contributed by atoms with Crippen LogP contribution in [0.2, 0.25) is 0 Å². The Labute approximate surface area is 128 Å². The predicted molar refractivity (Wildman–Crippen MR) is 85.0 cm³/mol. The van der Waals surface area contributed by atoms with Crippen molar-refractivity contribution in [1.82, 2.24) is 15.1 Å². The van der Waals surface area contributed by atoms with E-state index in [1.54, 1.807) is 0 Å². The van der Waals surface area contributed by atoms with Gasteiger partial charge in [-0.25, -0.2) is 0 Å². The zero-order valence-corrected chi connectivity index (χ0v) is 13.7. The van der Waals surface area contributed by atoms with Crippen LogP contribution in [0.25, 0.3) is 0 Å². The van der Waals surface area contributed by atoms with Gasteiger partial charge in [-0.3, -0.25) is 4.68 Å². The van der Waals surface area contributed by atoms with Crippen molar-refractivity contribution in [2.24, 2.45) is 0 Å². The Morgan fingerprint density at radius 1 is 1.35 bits per heavy atom. The molecule has 0 radical (unpaired) electrons. The normalized spacial score (nSPS) is 18.8. The maximum Gasteiger partial charge on any atom is 0.0705 e. The molecular formula is C16H20BrN3. The first-order valence-corrected chi connectivity index (χ1v) is 7.90. The lowest BCUT2D eigenvalue weighted by atomic mass is 9.72. The predicted octanol–water partition coefficient (Wildman–Crippen LogP) is 3.83. The average Bonchev–Trinajstić information content (AvgIpc) is 2.78. The molecule has 106 valence electrons. The van der Waals surface area contributed by atoms with Gasteiger partial charge in [0.2, 0.25) is 0 Å². The van der Waals surface area contributed by atoms with Gasteiger partial charge in [-0.2, -0.15) is 5.10 Å². The second kappa shape index (κ2) is 5.34. The van der Waals surface area contributed by atoms with Crippen molar-refractivity contribution in [1.29, 1.82) is 0 Å². The number of rotatable bonds is 4. The molecule has 0 saturated carbocycles. The molecule has 1 aliphatic rings. The molecule has 1 heterocycles. The topological polar surface area (TPSA) is 29.9 Å². The Bertz CT molecular complexity index is 618. The number of halogens is 1. The van der Waals surface area contributed by atoms with Crippen LogP contribution in [0.4, 0.5) is 0 Å². The summed E-state index contributed by atoms with van der Waals surface area (Å²) in [6.45, 7) is 4.34. The summed E-state index contributed by atoms with van der Waals surface area (Å²) in [6, 6.07) is 9.39. The van der Waals surface area contributed by atoms with Crippen molar-refractivity contribution in [2.45, 2.75) is 38.3 Å². The summed E-state index contributed by atoms with van der Waals surface area (Å²) in [5.41, 5.74) is 4.20. The molecule has 1 N–H and O–H groups in total. The van der Waals surface area contributed by atoms with Crippen LogP contribution >= 0.6 is 15.9 Å². The molecule has 0 aliphatic heterocycles. The third kappa shape index (κ3) is 2.11. The lowest BCUT2D eigenvalue weighted by Crippen LogP contribution is -2.33. The largest absolute Gasteiger partial charge is 0.311 e. The lowest BCUT2D eigenvalue weighted by molar-refractivity contribution is 0.390. The summed E-state index contributed by atoms with van der Waals surface area (Å²) in [5.74, 6) is 0.529. The number of hydrogen-bond donors (Lipinski definition) is 1. The quantitative estimate of drug-likeness (QED) is 0.921. The maximum atomic E-state index is 4.51. The second-order valence-electron chi connectivity index (χ2n) is 5.69. The molecule has 0 spiro atoms. The molecule has 2 aromatic rings. The fraction of sp³-hybridized carbons (Fsp3) is 0.438. The monoisotopic (exact) mass is 333 g/mol. The highest BCUT2D eigenvalue weighted by molar-refractivity contribution is 9.10. The van der Waals surface area contributed by atoms with Crippen molar-refractivity contribution in [2.75, 3.05) is 7.05 Å². The van der Waals surface area contributed by atoms with Gasteiger partial charge in [-0.15, -0.1) is 0 Å². The molecule has 2 atom stereocenters. The fourth-order valence-corrected chi connectivity index (χ4v) is 3.70. The number of fused-ring (bicyclic) bond motifs is 1. The van der Waals surface area contributed by atoms with E-state index in [2.05, 4.69) is 69.1 Å². The molecule has 1 aliphatic carbocycles. The van der Waals surface area contributed by atoms with Gasteiger partial charge in [0.05, 0.1) is 22.4 Å². The zero-order valence-electron chi connectivity index (χ0n) is 12.1. The Kier molecular flexibility index (Phi) is 3.69. The summed E-state index contributed by atoms with van der Waals surface area (Å²) in [5, 5.41) is 8.00. The summed E-state index contributed by atoms with van der Waals surface area (Å²) in [7, 11) is 2.04. The van der Waals surface area contributed by atoms with Crippen LogP contribution < -0.4 is 5.32 Å². The van der Waals surface area contributed by atoms with Gasteiger partial charge in [0, 0.05) is 12.0 Å². The van der Waals surface area contributed by atoms with E-state index >= 15 is 0 Å². The Morgan fingerprint density at radius 2 is 2.10 bits per heavy atom. The van der Waals surface area contributed by atoms with Gasteiger partial charge >= 0.3 is 0 Å². The number of aromatic nitrogens is 2. The minimum atomic E-state index is 0.296. The van der Waals surface area contributed by atoms with Crippen molar-refractivity contribution >= 4 is 15.9 Å². The summed E-state index contributed by atoms with van der Waals surface area (Å²) in [4.78, 5) is 0. The van der Waals surface area contributed by atoms with Gasteiger partial charge in [0.25, 0.3) is 0 Å². The van der Waals surface area contributed by atoms with Gasteiger partial charge < -0.3 is 5.32 Å². The first-order chi connectivity index (χ1) is 9.63. The van der Waals surface area contributed by atoms with E-state index in [-0.39, 0.29) is 0 Å². The summed E-state index contributed by atoms with van der Waals surface area (Å²) in [6.07, 6.45) is 3.04. The van der Waals surface area contributed by atoms with E-state index < -0.39 is 0 Å². The molecular weight excluding hydrogens is 314 g/mol. The number of nitrogens with one attached hydrogen (secondary N) is 1. The minimum absolute atomic E-state index is 0.296. The van der Waals surface area contributed by atoms with Crippen LogP contribution in [0, 0.1) is 0 Å². The molecule has 0 saturated heterocycles. The standard InChI is InChI=1S/C16H20BrN3/c1-10(2)20-16(14(17)9-19-20)15(18-3)13-8-11-6-4-5-7-12(11)13/h4-7,9-10,13,15,18H,8H2,1-3H3. The average molecular weight is 334 g/mol. The van der Waals surface area contributed by atoms with Crippen LogP contribution in [0.1, 0.15) is 48.7 Å². The van der Waals surface area contributed by atoms with E-state index in [1.807, 2.05) is 13.2 Å². The van der Waals surface area contributed by atoms with Crippen LogP contribution in [0.5, 0.6) is 0 Å². The highest BCUT2D eigenvalue weighted by Gasteiger charge is 2.35. The zero-order chi connectivity index (χ0) is 14.3. The van der Waals surface area contributed by atoms with Crippen LogP contribution in [0.3, 0.4) is 0 Å². The number of likely N-dealkylation sites (N-methyl/N-ethyl adjacent to an activating group) is 1. The van der Waals surface area contributed by atoms with E-state index in [4.69, 9.17) is 0 Å². The van der Waals surface area contributed by atoms with Gasteiger partial charge in [0.15, 0.2) is 0 Å². The SMILES string of the molecule is CNC(c1c(Br)cnn1C(C)C)C1Cc2ccccc21. The Balaban J connectivity index is 1.99. The maximum absolute atomic E-state index is 4.51. The molecule has 1 aromatic heterocycles. The third-order valence-corrected chi connectivity index (χ3v) is 4.79. The van der Waals surface area contributed by atoms with Gasteiger partial charge in [-0.1, -0.05) is 24.3 Å². The fourth-order valence-electron chi connectivity index (χ4n) is 3.18. The summed E-state index contributed by atoms with van der Waals surface area (Å²) < 4.78 is 3.21. The molecule has 0 fully saturated rings. The summed E-state index contributed by atoms with van der Waals surface area (Å²) >= 11 is 3.67. The molecule has 2 unspecified atom stereocenters. The van der Waals surface area contributed by atoms with Crippen LogP contribution in [-0.2, 0) is 6.42 Å². The van der Waals surface area contributed by atoms with Crippen molar-refractivity contribution in [3.63, 3.8) is 0 Å². The molecule has 3 nitrogen and oxygen atoms in total. The highest BCUT2D eigenvalue weighted by Crippen LogP contribution is 2.45. The van der Waals surface area contributed by atoms with E-state index in [0.717, 1.165) is 10.9 Å². The Hall–Kier alpha value is -1.13. The first kappa shape index (κ1) is 13.8. The minimum Gasteiger partial charge on any atom is -0.311 e. The lowest BCUT2D eigenvalue weighted by Gasteiger charge is -2.37. The number of benzene rings is 1. The van der Waals surface area contributed by atoms with Crippen molar-refractivity contribution in [3.8, 4) is 0 Å². The van der Waals surface area contributed by atoms with E-state index in [0.29, 0.717) is 18.0 Å². The van der Waals surface area contributed by atoms with Crippen molar-refractivity contribution in [3.05, 3.63) is 51.8 Å². The second-order valence-corrected chi connectivity index (χ2v) is 6.55. The van der Waals surface area contributed by atoms with E-state index in [1.165, 1.54) is 16.8 Å². The number of hydrogen-bond acceptors (Lipinski definition) is 2. The number of nitrogens with zero attached hydrogens (tertiary/aromatic N) is 2.